The molecule has 1 saturated heterocycles. The number of methoxy groups -OCH3 is 1. The molecule has 1 amide bonds. The van der Waals surface area contributed by atoms with E-state index in [2.05, 4.69) is 37.1 Å². The Hall–Kier alpha value is -1.75. The molecule has 23 heavy (non-hydrogen) atoms. The van der Waals surface area contributed by atoms with Crippen LogP contribution in [0.5, 0.6) is 5.75 Å². The molecule has 128 valence electrons. The molecule has 5 nitrogen and oxygen atoms in total. The van der Waals surface area contributed by atoms with Crippen molar-refractivity contribution in [3.05, 3.63) is 24.3 Å². The van der Waals surface area contributed by atoms with Crippen LogP contribution in [0.3, 0.4) is 0 Å². The van der Waals surface area contributed by atoms with Crippen LogP contribution in [0.1, 0.15) is 20.8 Å². The molecule has 1 aliphatic rings. The molecule has 0 saturated carbocycles. The lowest BCUT2D eigenvalue weighted by Gasteiger charge is -2.34. The third kappa shape index (κ3) is 4.86. The molecule has 2 rings (SSSR count). The summed E-state index contributed by atoms with van der Waals surface area (Å²) in [6.07, 6.45) is 0. The number of nitrogens with one attached hydrogen (secondary N) is 2. The smallest absolute Gasteiger partial charge is 0.275 e. The van der Waals surface area contributed by atoms with Crippen molar-refractivity contribution in [2.75, 3.05) is 44.7 Å². The molecule has 1 aliphatic heterocycles. The van der Waals surface area contributed by atoms with Crippen molar-refractivity contribution < 1.29 is 14.4 Å². The lowest BCUT2D eigenvalue weighted by molar-refractivity contribution is -0.892. The van der Waals surface area contributed by atoms with Crippen molar-refractivity contribution in [1.29, 1.82) is 0 Å². The lowest BCUT2D eigenvalue weighted by atomic mass is 10.1. The molecule has 0 unspecified atom stereocenters. The van der Waals surface area contributed by atoms with Crippen molar-refractivity contribution in [3.8, 4) is 5.75 Å². The Kier molecular flexibility index (Phi) is 6.28. The topological polar surface area (TPSA) is 46.0 Å². The van der Waals surface area contributed by atoms with Crippen molar-refractivity contribution in [2.24, 2.45) is 5.92 Å². The summed E-state index contributed by atoms with van der Waals surface area (Å²) < 4.78 is 5.44. The van der Waals surface area contributed by atoms with Gasteiger partial charge in [-0.2, -0.15) is 0 Å². The van der Waals surface area contributed by atoms with Gasteiger partial charge in [-0.1, -0.05) is 26.0 Å². The molecule has 1 aromatic rings. The number of amides is 1. The van der Waals surface area contributed by atoms with Gasteiger partial charge in [0.1, 0.15) is 5.75 Å². The number of hydrogen-bond acceptors (Lipinski definition) is 3. The van der Waals surface area contributed by atoms with Crippen LogP contribution in [-0.2, 0) is 4.79 Å². The van der Waals surface area contributed by atoms with Crippen LogP contribution in [0.25, 0.3) is 0 Å². The molecular weight excluding hydrogens is 290 g/mol. The maximum absolute atomic E-state index is 12.1. The van der Waals surface area contributed by atoms with Gasteiger partial charge in [-0.15, -0.1) is 0 Å². The molecule has 0 aliphatic carbocycles. The Morgan fingerprint density at radius 1 is 1.26 bits per heavy atom. The molecule has 5 heteroatoms. The van der Waals surface area contributed by atoms with Gasteiger partial charge in [-0.25, -0.2) is 0 Å². The van der Waals surface area contributed by atoms with Crippen LogP contribution < -0.4 is 19.9 Å². The first-order chi connectivity index (χ1) is 11.0. The summed E-state index contributed by atoms with van der Waals surface area (Å²) in [5.41, 5.74) is 1.15. The van der Waals surface area contributed by atoms with Crippen LogP contribution in [0.4, 0.5) is 5.69 Å². The summed E-state index contributed by atoms with van der Waals surface area (Å²) in [4.78, 5) is 15.8. The summed E-state index contributed by atoms with van der Waals surface area (Å²) in [5.74, 6) is 1.54. The maximum Gasteiger partial charge on any atom is 0.275 e. The molecule has 1 heterocycles. The maximum atomic E-state index is 12.1. The predicted molar refractivity (Wildman–Crippen MR) is 93.2 cm³/mol. The molecule has 0 bridgehead atoms. The molecule has 1 atom stereocenters. The Morgan fingerprint density at radius 2 is 1.91 bits per heavy atom. The minimum atomic E-state index is 0.159. The number of para-hydroxylation sites is 2. The summed E-state index contributed by atoms with van der Waals surface area (Å²) in [6.45, 7) is 10.7. The Morgan fingerprint density at radius 3 is 2.52 bits per heavy atom. The monoisotopic (exact) mass is 320 g/mol. The summed E-state index contributed by atoms with van der Waals surface area (Å²) in [5, 5.41) is 3.09. The second-order valence-electron chi connectivity index (χ2n) is 6.69. The molecule has 2 N–H and O–H groups in total. The highest BCUT2D eigenvalue weighted by atomic mass is 16.5. The lowest BCUT2D eigenvalue weighted by Crippen LogP contribution is -3.16. The second-order valence-corrected chi connectivity index (χ2v) is 6.69. The number of anilines is 1. The number of quaternary nitrogens is 1. The number of ether oxygens (including phenoxy) is 1. The fraction of sp³-hybridized carbons (Fsp3) is 0.611. The van der Waals surface area contributed by atoms with Gasteiger partial charge in [0.05, 0.1) is 39.0 Å². The van der Waals surface area contributed by atoms with Gasteiger partial charge in [0.2, 0.25) is 0 Å². The number of piperazine rings is 1. The van der Waals surface area contributed by atoms with Crippen molar-refractivity contribution >= 4 is 11.6 Å². The Bertz CT molecular complexity index is 511. The molecule has 0 spiro atoms. The van der Waals surface area contributed by atoms with E-state index in [1.807, 2.05) is 18.2 Å². The van der Waals surface area contributed by atoms with Crippen LogP contribution in [0.2, 0.25) is 0 Å². The summed E-state index contributed by atoms with van der Waals surface area (Å²) in [7, 11) is 1.71. The zero-order chi connectivity index (χ0) is 16.8. The van der Waals surface area contributed by atoms with Crippen molar-refractivity contribution in [3.63, 3.8) is 0 Å². The van der Waals surface area contributed by atoms with E-state index in [4.69, 9.17) is 4.74 Å². The van der Waals surface area contributed by atoms with Gasteiger partial charge in [-0.3, -0.25) is 4.79 Å². The van der Waals surface area contributed by atoms with E-state index in [1.165, 1.54) is 4.90 Å². The van der Waals surface area contributed by atoms with Gasteiger partial charge in [0.15, 0.2) is 6.54 Å². The predicted octanol–water partition coefficient (Wildman–Crippen LogP) is 0.561. The highest BCUT2D eigenvalue weighted by molar-refractivity contribution is 5.77. The van der Waals surface area contributed by atoms with Gasteiger partial charge in [-0.05, 0) is 25.0 Å². The first-order valence-electron chi connectivity index (χ1n) is 8.52. The quantitative estimate of drug-likeness (QED) is 0.805. The highest BCUT2D eigenvalue weighted by Crippen LogP contribution is 2.27. The largest absolute Gasteiger partial charge is 0.495 e. The van der Waals surface area contributed by atoms with Crippen molar-refractivity contribution in [1.82, 2.24) is 5.32 Å². The molecular formula is C18H30N3O2+. The minimum Gasteiger partial charge on any atom is -0.495 e. The highest BCUT2D eigenvalue weighted by Gasteiger charge is 2.24. The average molecular weight is 320 g/mol. The Labute approximate surface area is 139 Å². The number of nitrogens with zero attached hydrogens (tertiary/aromatic N) is 1. The third-order valence-electron chi connectivity index (χ3n) is 4.70. The zero-order valence-electron chi connectivity index (χ0n) is 14.8. The fourth-order valence-corrected chi connectivity index (χ4v) is 2.83. The fourth-order valence-electron chi connectivity index (χ4n) is 2.83. The van der Waals surface area contributed by atoms with Crippen LogP contribution >= 0.6 is 0 Å². The van der Waals surface area contributed by atoms with E-state index in [9.17, 15) is 4.79 Å². The van der Waals surface area contributed by atoms with Crippen molar-refractivity contribution in [2.45, 2.75) is 26.8 Å². The summed E-state index contributed by atoms with van der Waals surface area (Å²) in [6, 6.07) is 8.36. The normalized spacial score (nSPS) is 17.2. The van der Waals surface area contributed by atoms with E-state index >= 15 is 0 Å². The first-order valence-corrected chi connectivity index (χ1v) is 8.52. The van der Waals surface area contributed by atoms with Gasteiger partial charge >= 0.3 is 0 Å². The number of rotatable bonds is 6. The molecule has 1 fully saturated rings. The SMILES string of the molecule is COc1ccccc1N1CC[NH+](CC(=O)N[C@H](C)C(C)C)CC1. The number of carbonyl (C=O) groups is 1. The third-order valence-corrected chi connectivity index (χ3v) is 4.70. The standard InChI is InChI=1S/C18H29N3O2/c1-14(2)15(3)19-18(22)13-20-9-11-21(12-10-20)16-7-5-6-8-17(16)23-4/h5-8,14-15H,9-13H2,1-4H3,(H,19,22)/p+1/t15-/m1/s1. The van der Waals surface area contributed by atoms with Crippen LogP contribution in [0, 0.1) is 5.92 Å². The molecule has 1 aromatic carbocycles. The summed E-state index contributed by atoms with van der Waals surface area (Å²) >= 11 is 0. The van der Waals surface area contributed by atoms with E-state index in [0.29, 0.717) is 12.5 Å². The van der Waals surface area contributed by atoms with Crippen LogP contribution in [-0.4, -0.2) is 51.8 Å². The Balaban J connectivity index is 1.83. The zero-order valence-corrected chi connectivity index (χ0v) is 14.8. The first kappa shape index (κ1) is 17.6. The van der Waals surface area contributed by atoms with Gasteiger partial charge < -0.3 is 19.9 Å². The van der Waals surface area contributed by atoms with E-state index in [0.717, 1.165) is 37.6 Å². The molecule has 0 radical (unpaired) electrons. The minimum absolute atomic E-state index is 0.159. The molecule has 0 aromatic heterocycles. The van der Waals surface area contributed by atoms with Gasteiger partial charge in [0.25, 0.3) is 5.91 Å². The van der Waals surface area contributed by atoms with E-state index in [-0.39, 0.29) is 11.9 Å². The number of benzene rings is 1. The van der Waals surface area contributed by atoms with E-state index in [1.54, 1.807) is 7.11 Å². The van der Waals surface area contributed by atoms with E-state index < -0.39 is 0 Å². The number of carbonyl (C=O) groups excluding carboxylic acids is 1. The number of hydrogen-bond donors (Lipinski definition) is 2. The van der Waals surface area contributed by atoms with Crippen LogP contribution in [0.15, 0.2) is 24.3 Å². The second kappa shape index (κ2) is 8.20. The van der Waals surface area contributed by atoms with Gasteiger partial charge in [0, 0.05) is 6.04 Å². The average Bonchev–Trinajstić information content (AvgIpc) is 2.55.